The first-order chi connectivity index (χ1) is 13.3. The van der Waals surface area contributed by atoms with E-state index in [1.54, 1.807) is 13.0 Å². The van der Waals surface area contributed by atoms with Gasteiger partial charge in [0, 0.05) is 11.8 Å². The van der Waals surface area contributed by atoms with Crippen LogP contribution in [0, 0.1) is 18.7 Å². The smallest absolute Gasteiger partial charge is 0.225 e. The number of amides is 1. The lowest BCUT2D eigenvalue weighted by Gasteiger charge is -2.23. The molecule has 0 aromatic carbocycles. The molecule has 9 nitrogen and oxygen atoms in total. The van der Waals surface area contributed by atoms with Crippen LogP contribution in [0.15, 0.2) is 30.6 Å². The molecule has 0 fully saturated rings. The summed E-state index contributed by atoms with van der Waals surface area (Å²) in [5, 5.41) is 13.2. The predicted octanol–water partition coefficient (Wildman–Crippen LogP) is 2.71. The summed E-state index contributed by atoms with van der Waals surface area (Å²) in [6.07, 6.45) is 2.47. The molecule has 0 aliphatic carbocycles. The van der Waals surface area contributed by atoms with Gasteiger partial charge in [0.25, 0.3) is 0 Å². The fourth-order valence-electron chi connectivity index (χ4n) is 2.46. The van der Waals surface area contributed by atoms with Crippen molar-refractivity contribution in [3.8, 4) is 0 Å². The van der Waals surface area contributed by atoms with Crippen LogP contribution in [-0.2, 0) is 4.79 Å². The van der Waals surface area contributed by atoms with Crippen molar-refractivity contribution in [2.45, 2.75) is 19.9 Å². The first kappa shape index (κ1) is 19.5. The first-order valence-corrected chi connectivity index (χ1v) is 8.70. The molecule has 0 radical (unpaired) electrons. The molecule has 3 aromatic rings. The number of anilines is 3. The van der Waals surface area contributed by atoms with E-state index in [0.29, 0.717) is 17.3 Å². The van der Waals surface area contributed by atoms with E-state index in [-0.39, 0.29) is 11.0 Å². The third-order valence-electron chi connectivity index (χ3n) is 4.00. The number of aromatic nitrogens is 5. The minimum absolute atomic E-state index is 0.184. The van der Waals surface area contributed by atoms with Crippen molar-refractivity contribution in [3.05, 3.63) is 52.8 Å². The van der Waals surface area contributed by atoms with Gasteiger partial charge >= 0.3 is 0 Å². The summed E-state index contributed by atoms with van der Waals surface area (Å²) >= 11 is 6.16. The summed E-state index contributed by atoms with van der Waals surface area (Å²) < 4.78 is 13.2. The van der Waals surface area contributed by atoms with Crippen molar-refractivity contribution in [2.24, 2.45) is 11.7 Å². The molecule has 0 saturated carbocycles. The molecule has 11 heteroatoms. The van der Waals surface area contributed by atoms with Crippen LogP contribution in [-0.4, -0.2) is 31.1 Å². The molecule has 0 saturated heterocycles. The van der Waals surface area contributed by atoms with Crippen LogP contribution >= 0.6 is 11.6 Å². The van der Waals surface area contributed by atoms with Gasteiger partial charge in [-0.15, -0.1) is 0 Å². The number of H-pyrrole nitrogens is 1. The standard InChI is InChI=1S/C17H18ClFN8O/c1-8-5-13(27-26-8)23-16-11(18)7-22-17(25-16)24-14(9(2)15(20)28)12-4-3-10(19)6-21-12/h3-7,9,14H,1-2H3,(H2,20,28)(H3,22,23,24,25,26,27). The van der Waals surface area contributed by atoms with E-state index in [0.717, 1.165) is 11.9 Å². The van der Waals surface area contributed by atoms with Gasteiger partial charge in [0.15, 0.2) is 11.6 Å². The van der Waals surface area contributed by atoms with Crippen molar-refractivity contribution in [1.29, 1.82) is 0 Å². The Hall–Kier alpha value is -3.27. The Balaban J connectivity index is 1.88. The first-order valence-electron chi connectivity index (χ1n) is 8.32. The van der Waals surface area contributed by atoms with E-state index in [9.17, 15) is 9.18 Å². The Morgan fingerprint density at radius 3 is 2.71 bits per heavy atom. The van der Waals surface area contributed by atoms with Gasteiger partial charge in [-0.3, -0.25) is 14.9 Å². The molecule has 0 spiro atoms. The molecule has 3 aromatic heterocycles. The lowest BCUT2D eigenvalue weighted by Crippen LogP contribution is -2.31. The Morgan fingerprint density at radius 1 is 1.32 bits per heavy atom. The van der Waals surface area contributed by atoms with Gasteiger partial charge in [-0.05, 0) is 19.1 Å². The largest absolute Gasteiger partial charge is 0.369 e. The van der Waals surface area contributed by atoms with Crippen LogP contribution in [0.5, 0.6) is 0 Å². The molecule has 146 valence electrons. The van der Waals surface area contributed by atoms with Gasteiger partial charge in [-0.25, -0.2) is 9.37 Å². The average molecular weight is 405 g/mol. The third kappa shape index (κ3) is 4.52. The molecule has 2 unspecified atom stereocenters. The fraction of sp³-hybridized carbons (Fsp3) is 0.235. The minimum Gasteiger partial charge on any atom is -0.369 e. The molecule has 2 atom stereocenters. The lowest BCUT2D eigenvalue weighted by molar-refractivity contribution is -0.121. The van der Waals surface area contributed by atoms with E-state index < -0.39 is 23.7 Å². The second-order valence-electron chi connectivity index (χ2n) is 6.17. The molecular weight excluding hydrogens is 387 g/mol. The van der Waals surface area contributed by atoms with Crippen LogP contribution in [0.1, 0.15) is 24.4 Å². The number of carbonyl (C=O) groups excluding carboxylic acids is 1. The number of aryl methyl sites for hydroxylation is 1. The second-order valence-corrected chi connectivity index (χ2v) is 6.57. The number of nitrogens with zero attached hydrogens (tertiary/aromatic N) is 4. The van der Waals surface area contributed by atoms with Gasteiger partial charge in [-0.1, -0.05) is 18.5 Å². The quantitative estimate of drug-likeness (QED) is 0.475. The van der Waals surface area contributed by atoms with E-state index in [1.165, 1.54) is 18.3 Å². The summed E-state index contributed by atoms with van der Waals surface area (Å²) in [5.74, 6) is -0.666. The number of hydrogen-bond donors (Lipinski definition) is 4. The number of aromatic amines is 1. The number of nitrogens with one attached hydrogen (secondary N) is 3. The van der Waals surface area contributed by atoms with Gasteiger partial charge in [-0.2, -0.15) is 10.1 Å². The maximum absolute atomic E-state index is 13.2. The van der Waals surface area contributed by atoms with Gasteiger partial charge < -0.3 is 16.4 Å². The summed E-state index contributed by atoms with van der Waals surface area (Å²) in [5.41, 5.74) is 6.73. The van der Waals surface area contributed by atoms with Crippen LogP contribution in [0.25, 0.3) is 0 Å². The second kappa shape index (κ2) is 8.17. The van der Waals surface area contributed by atoms with Crippen LogP contribution in [0.3, 0.4) is 0 Å². The zero-order valence-electron chi connectivity index (χ0n) is 15.1. The highest BCUT2D eigenvalue weighted by Gasteiger charge is 2.26. The Bertz CT molecular complexity index is 978. The zero-order valence-corrected chi connectivity index (χ0v) is 15.8. The molecule has 1 amide bonds. The van der Waals surface area contributed by atoms with E-state index in [2.05, 4.69) is 35.8 Å². The number of rotatable bonds is 7. The van der Waals surface area contributed by atoms with Crippen molar-refractivity contribution in [2.75, 3.05) is 10.6 Å². The number of pyridine rings is 1. The van der Waals surface area contributed by atoms with Crippen molar-refractivity contribution in [3.63, 3.8) is 0 Å². The number of hydrogen-bond acceptors (Lipinski definition) is 7. The predicted molar refractivity (Wildman–Crippen MR) is 103 cm³/mol. The summed E-state index contributed by atoms with van der Waals surface area (Å²) in [6.45, 7) is 3.49. The summed E-state index contributed by atoms with van der Waals surface area (Å²) in [7, 11) is 0. The molecular formula is C17H18ClFN8O. The Labute approximate surface area is 164 Å². The molecule has 3 rings (SSSR count). The number of primary amides is 1. The van der Waals surface area contributed by atoms with Gasteiger partial charge in [0.2, 0.25) is 11.9 Å². The van der Waals surface area contributed by atoms with Crippen LogP contribution < -0.4 is 16.4 Å². The highest BCUT2D eigenvalue weighted by Crippen LogP contribution is 2.27. The van der Waals surface area contributed by atoms with E-state index in [1.807, 2.05) is 6.92 Å². The highest BCUT2D eigenvalue weighted by atomic mass is 35.5. The monoisotopic (exact) mass is 404 g/mol. The fourth-order valence-corrected chi connectivity index (χ4v) is 2.60. The third-order valence-corrected chi connectivity index (χ3v) is 4.28. The molecule has 5 N–H and O–H groups in total. The van der Waals surface area contributed by atoms with Gasteiger partial charge in [0.05, 0.1) is 30.0 Å². The molecule has 0 aliphatic heterocycles. The topological polar surface area (TPSA) is 134 Å². The molecule has 3 heterocycles. The number of nitrogens with two attached hydrogens (primary N) is 1. The van der Waals surface area contributed by atoms with Crippen LogP contribution in [0.2, 0.25) is 5.02 Å². The van der Waals surface area contributed by atoms with E-state index >= 15 is 0 Å². The van der Waals surface area contributed by atoms with Gasteiger partial charge in [0.1, 0.15) is 10.8 Å². The Kier molecular flexibility index (Phi) is 5.69. The lowest BCUT2D eigenvalue weighted by atomic mass is 9.98. The number of carbonyl (C=O) groups is 1. The maximum Gasteiger partial charge on any atom is 0.225 e. The summed E-state index contributed by atoms with van der Waals surface area (Å²) in [4.78, 5) is 24.2. The minimum atomic E-state index is -0.667. The van der Waals surface area contributed by atoms with Crippen molar-refractivity contribution >= 4 is 35.1 Å². The van der Waals surface area contributed by atoms with Crippen molar-refractivity contribution < 1.29 is 9.18 Å². The normalized spacial score (nSPS) is 13.0. The molecule has 28 heavy (non-hydrogen) atoms. The molecule has 0 bridgehead atoms. The van der Waals surface area contributed by atoms with Crippen molar-refractivity contribution in [1.82, 2.24) is 25.1 Å². The number of halogens is 2. The summed E-state index contributed by atoms with van der Waals surface area (Å²) in [6, 6.07) is 3.83. The zero-order chi connectivity index (χ0) is 20.3. The Morgan fingerprint density at radius 2 is 2.11 bits per heavy atom. The molecule has 0 aliphatic rings. The van der Waals surface area contributed by atoms with E-state index in [4.69, 9.17) is 17.3 Å². The SMILES string of the molecule is Cc1cc(Nc2nc(NC(c3ccc(F)cn3)C(C)C(N)=O)ncc2Cl)n[nH]1. The maximum atomic E-state index is 13.2. The average Bonchev–Trinajstić information content (AvgIpc) is 3.07. The van der Waals surface area contributed by atoms with Crippen LogP contribution in [0.4, 0.5) is 22.0 Å². The highest BCUT2D eigenvalue weighted by molar-refractivity contribution is 6.32.